The molecule has 1 saturated heterocycles. The van der Waals surface area contributed by atoms with E-state index in [2.05, 4.69) is 13.8 Å². The maximum Gasteiger partial charge on any atom is 0.178 e. The Morgan fingerprint density at radius 2 is 1.70 bits per heavy atom. The van der Waals surface area contributed by atoms with E-state index in [1.807, 2.05) is 6.07 Å². The first-order valence-corrected chi connectivity index (χ1v) is 10.1. The van der Waals surface area contributed by atoms with Gasteiger partial charge in [0.25, 0.3) is 0 Å². The van der Waals surface area contributed by atoms with Gasteiger partial charge in [0.2, 0.25) is 0 Å². The highest BCUT2D eigenvalue weighted by atomic mass is 32.2. The van der Waals surface area contributed by atoms with Gasteiger partial charge in [-0.1, -0.05) is 18.2 Å². The van der Waals surface area contributed by atoms with E-state index in [9.17, 15) is 13.5 Å². The molecule has 23 heavy (non-hydrogen) atoms. The van der Waals surface area contributed by atoms with Crippen molar-refractivity contribution in [3.05, 3.63) is 30.3 Å². The van der Waals surface area contributed by atoms with Gasteiger partial charge in [-0.15, -0.1) is 0 Å². The zero-order valence-electron chi connectivity index (χ0n) is 13.6. The molecule has 0 amide bonds. The van der Waals surface area contributed by atoms with Gasteiger partial charge in [0.05, 0.1) is 16.2 Å². The Kier molecular flexibility index (Phi) is 3.26. The number of aliphatic hydroxyl groups is 1. The van der Waals surface area contributed by atoms with Crippen molar-refractivity contribution in [3.63, 3.8) is 0 Å². The molecule has 1 N–H and O–H groups in total. The van der Waals surface area contributed by atoms with Crippen LogP contribution in [0.1, 0.15) is 26.7 Å². The van der Waals surface area contributed by atoms with E-state index in [1.54, 1.807) is 24.3 Å². The predicted molar refractivity (Wildman–Crippen MR) is 86.7 cm³/mol. The molecule has 1 aromatic rings. The third-order valence-corrected chi connectivity index (χ3v) is 8.34. The molecule has 4 rings (SSSR count). The zero-order valence-corrected chi connectivity index (χ0v) is 14.4. The fourth-order valence-corrected chi connectivity index (χ4v) is 7.40. The van der Waals surface area contributed by atoms with Crippen LogP contribution >= 0.6 is 0 Å². The molecule has 2 bridgehead atoms. The van der Waals surface area contributed by atoms with Crippen LogP contribution in [0.2, 0.25) is 0 Å². The van der Waals surface area contributed by atoms with E-state index in [4.69, 9.17) is 4.74 Å². The van der Waals surface area contributed by atoms with E-state index in [0.717, 1.165) is 12.8 Å². The minimum absolute atomic E-state index is 0.00858. The van der Waals surface area contributed by atoms with Crippen molar-refractivity contribution in [1.82, 2.24) is 0 Å². The van der Waals surface area contributed by atoms with E-state index in [1.165, 1.54) is 0 Å². The van der Waals surface area contributed by atoms with Crippen LogP contribution in [-0.2, 0) is 14.6 Å². The smallest absolute Gasteiger partial charge is 0.178 e. The van der Waals surface area contributed by atoms with Crippen LogP contribution < -0.4 is 0 Å². The van der Waals surface area contributed by atoms with Crippen molar-refractivity contribution in [2.75, 3.05) is 12.4 Å². The number of hydrogen-bond donors (Lipinski definition) is 1. The van der Waals surface area contributed by atoms with Crippen LogP contribution in [0.3, 0.4) is 0 Å². The Balaban J connectivity index is 1.65. The normalized spacial score (nSPS) is 40.7. The molecule has 1 heterocycles. The van der Waals surface area contributed by atoms with Crippen LogP contribution in [0.25, 0.3) is 0 Å². The number of sulfone groups is 1. The molecule has 126 valence electrons. The average Bonchev–Trinajstić information content (AvgIpc) is 2.81. The minimum atomic E-state index is -3.34. The second-order valence-electron chi connectivity index (χ2n) is 7.80. The van der Waals surface area contributed by atoms with Crippen molar-refractivity contribution in [1.29, 1.82) is 0 Å². The monoisotopic (exact) mass is 336 g/mol. The quantitative estimate of drug-likeness (QED) is 0.857. The standard InChI is InChI=1S/C18H24O4S/c1-17(2)18(22-17)15-8-9-16(18)14(13(15)10-19)11-23(20,21)12-6-4-3-5-7-12/h3-7,13-16,19H,8-11H2,1-2H3/t13-,14-,15-,16-,18-/m0/s1. The van der Waals surface area contributed by atoms with Gasteiger partial charge in [0, 0.05) is 6.61 Å². The van der Waals surface area contributed by atoms with Crippen LogP contribution in [0.5, 0.6) is 0 Å². The molecule has 2 aliphatic carbocycles. The number of epoxide rings is 1. The largest absolute Gasteiger partial charge is 0.396 e. The summed E-state index contributed by atoms with van der Waals surface area (Å²) in [5, 5.41) is 9.91. The van der Waals surface area contributed by atoms with Crippen LogP contribution in [-0.4, -0.2) is 37.1 Å². The summed E-state index contributed by atoms with van der Waals surface area (Å²) in [6, 6.07) is 8.65. The predicted octanol–water partition coefficient (Wildman–Crippen LogP) is 2.27. The molecule has 5 heteroatoms. The third kappa shape index (κ3) is 1.99. The van der Waals surface area contributed by atoms with Gasteiger partial charge in [-0.25, -0.2) is 8.42 Å². The molecular formula is C18H24O4S. The lowest BCUT2D eigenvalue weighted by Crippen LogP contribution is -2.31. The molecule has 2 saturated carbocycles. The van der Waals surface area contributed by atoms with E-state index in [0.29, 0.717) is 10.8 Å². The molecule has 0 radical (unpaired) electrons. The average molecular weight is 336 g/mol. The Bertz CT molecular complexity index is 712. The van der Waals surface area contributed by atoms with Crippen molar-refractivity contribution in [3.8, 4) is 0 Å². The summed E-state index contributed by atoms with van der Waals surface area (Å²) in [6.45, 7) is 4.25. The van der Waals surface area contributed by atoms with Crippen molar-refractivity contribution in [2.24, 2.45) is 23.7 Å². The third-order valence-electron chi connectivity index (χ3n) is 6.52. The molecule has 1 spiro atoms. The molecule has 5 atom stereocenters. The molecule has 0 aromatic heterocycles. The van der Waals surface area contributed by atoms with E-state index in [-0.39, 0.29) is 41.3 Å². The summed E-state index contributed by atoms with van der Waals surface area (Å²) < 4.78 is 31.7. The summed E-state index contributed by atoms with van der Waals surface area (Å²) in [4.78, 5) is 0.379. The highest BCUT2D eigenvalue weighted by Crippen LogP contribution is 2.72. The summed E-state index contributed by atoms with van der Waals surface area (Å²) in [5.41, 5.74) is -0.380. The van der Waals surface area contributed by atoms with Gasteiger partial charge < -0.3 is 9.84 Å². The highest BCUT2D eigenvalue weighted by molar-refractivity contribution is 7.91. The van der Waals surface area contributed by atoms with Gasteiger partial charge in [0.15, 0.2) is 9.84 Å². The van der Waals surface area contributed by atoms with Crippen molar-refractivity contribution >= 4 is 9.84 Å². The molecule has 3 aliphatic rings. The lowest BCUT2D eigenvalue weighted by molar-refractivity contribution is 0.132. The van der Waals surface area contributed by atoms with Crippen LogP contribution in [0.15, 0.2) is 35.2 Å². The Hall–Kier alpha value is -0.910. The van der Waals surface area contributed by atoms with Gasteiger partial charge >= 0.3 is 0 Å². The first-order chi connectivity index (χ1) is 10.8. The molecule has 0 unspecified atom stereocenters. The number of ether oxygens (including phenoxy) is 1. The van der Waals surface area contributed by atoms with Gasteiger partial charge in [-0.05, 0) is 62.5 Å². The first-order valence-electron chi connectivity index (χ1n) is 8.42. The Morgan fingerprint density at radius 1 is 1.13 bits per heavy atom. The van der Waals surface area contributed by atoms with Crippen molar-refractivity contribution in [2.45, 2.75) is 42.8 Å². The van der Waals surface area contributed by atoms with Crippen molar-refractivity contribution < 1.29 is 18.3 Å². The lowest BCUT2D eigenvalue weighted by Gasteiger charge is -2.28. The Labute approximate surface area is 137 Å². The van der Waals surface area contributed by atoms with Gasteiger partial charge in [0.1, 0.15) is 5.60 Å². The van der Waals surface area contributed by atoms with E-state index < -0.39 is 9.84 Å². The first kappa shape index (κ1) is 15.6. The number of rotatable bonds is 4. The summed E-state index contributed by atoms with van der Waals surface area (Å²) in [7, 11) is -3.34. The summed E-state index contributed by atoms with van der Waals surface area (Å²) in [5.74, 6) is 0.686. The molecule has 4 nitrogen and oxygen atoms in total. The fourth-order valence-electron chi connectivity index (χ4n) is 5.64. The SMILES string of the molecule is CC1(C)O[C@]12[C@H]1CC[C@H]2[C@@H](CS(=O)(=O)c2ccccc2)[C@@H]1CO. The summed E-state index contributed by atoms with van der Waals surface area (Å²) >= 11 is 0. The number of aliphatic hydroxyl groups excluding tert-OH is 1. The number of benzene rings is 1. The fraction of sp³-hybridized carbons (Fsp3) is 0.667. The second-order valence-corrected chi connectivity index (χ2v) is 9.83. The highest BCUT2D eigenvalue weighted by Gasteiger charge is 2.79. The molecule has 3 fully saturated rings. The number of hydrogen-bond acceptors (Lipinski definition) is 4. The van der Waals surface area contributed by atoms with Gasteiger partial charge in [-0.2, -0.15) is 0 Å². The van der Waals surface area contributed by atoms with Crippen LogP contribution in [0, 0.1) is 23.7 Å². The zero-order chi connectivity index (χ0) is 16.5. The molecular weight excluding hydrogens is 312 g/mol. The second kappa shape index (κ2) is 4.80. The summed E-state index contributed by atoms with van der Waals surface area (Å²) in [6.07, 6.45) is 2.06. The van der Waals surface area contributed by atoms with E-state index >= 15 is 0 Å². The topological polar surface area (TPSA) is 66.9 Å². The minimum Gasteiger partial charge on any atom is -0.396 e. The van der Waals surface area contributed by atoms with Gasteiger partial charge in [-0.3, -0.25) is 0 Å². The lowest BCUT2D eigenvalue weighted by atomic mass is 9.81. The maximum absolute atomic E-state index is 12.8. The Morgan fingerprint density at radius 3 is 2.22 bits per heavy atom. The maximum atomic E-state index is 12.8. The molecule has 1 aliphatic heterocycles. The molecule has 1 aromatic carbocycles. The van der Waals surface area contributed by atoms with Crippen LogP contribution in [0.4, 0.5) is 0 Å².